The Bertz CT molecular complexity index is 579. The van der Waals surface area contributed by atoms with Gasteiger partial charge in [-0.15, -0.1) is 0 Å². The molecule has 1 heterocycles. The fourth-order valence-corrected chi connectivity index (χ4v) is 2.07. The topological polar surface area (TPSA) is 33.2 Å². The largest absolute Gasteiger partial charge is 0.339 e. The minimum absolute atomic E-state index is 0.140. The number of pyridine rings is 1. The summed E-state index contributed by atoms with van der Waals surface area (Å²) >= 11 is 0. The van der Waals surface area contributed by atoms with Crippen molar-refractivity contribution in [3.63, 3.8) is 0 Å². The smallest absolute Gasteiger partial charge is 0.227 e. The molecule has 0 aliphatic carbocycles. The Morgan fingerprint density at radius 3 is 2.52 bits per heavy atom. The SMILES string of the molecule is CCN(C/C=C/c1ccccc1)C(=O)Cc1ccncc1. The summed E-state index contributed by atoms with van der Waals surface area (Å²) in [5, 5.41) is 0. The molecule has 0 aliphatic rings. The zero-order valence-corrected chi connectivity index (χ0v) is 12.3. The van der Waals surface area contributed by atoms with E-state index in [1.165, 1.54) is 0 Å². The molecule has 108 valence electrons. The molecular weight excluding hydrogens is 260 g/mol. The lowest BCUT2D eigenvalue weighted by Crippen LogP contribution is -2.32. The number of carbonyl (C=O) groups excluding carboxylic acids is 1. The van der Waals surface area contributed by atoms with E-state index in [0.29, 0.717) is 19.5 Å². The Morgan fingerprint density at radius 1 is 1.14 bits per heavy atom. The van der Waals surface area contributed by atoms with Crippen LogP contribution in [-0.4, -0.2) is 28.9 Å². The van der Waals surface area contributed by atoms with Crippen LogP contribution in [0.1, 0.15) is 18.1 Å². The first kappa shape index (κ1) is 15.0. The van der Waals surface area contributed by atoms with Gasteiger partial charge in [0.05, 0.1) is 6.42 Å². The lowest BCUT2D eigenvalue weighted by molar-refractivity contribution is -0.129. The second-order valence-electron chi connectivity index (χ2n) is 4.78. The summed E-state index contributed by atoms with van der Waals surface area (Å²) in [6.07, 6.45) is 7.93. The van der Waals surface area contributed by atoms with Gasteiger partial charge in [0.25, 0.3) is 0 Å². The molecule has 3 heteroatoms. The molecule has 0 saturated carbocycles. The van der Waals surface area contributed by atoms with E-state index in [-0.39, 0.29) is 5.91 Å². The molecule has 0 saturated heterocycles. The first-order valence-corrected chi connectivity index (χ1v) is 7.18. The number of hydrogen-bond donors (Lipinski definition) is 0. The van der Waals surface area contributed by atoms with E-state index in [9.17, 15) is 4.79 Å². The summed E-state index contributed by atoms with van der Waals surface area (Å²) < 4.78 is 0. The van der Waals surface area contributed by atoms with Crippen molar-refractivity contribution in [1.82, 2.24) is 9.88 Å². The lowest BCUT2D eigenvalue weighted by atomic mass is 10.2. The predicted octanol–water partition coefficient (Wildman–Crippen LogP) is 3.19. The van der Waals surface area contributed by atoms with Crippen molar-refractivity contribution in [3.8, 4) is 0 Å². The molecule has 0 aliphatic heterocycles. The second kappa shape index (κ2) is 8.00. The highest BCUT2D eigenvalue weighted by Gasteiger charge is 2.10. The van der Waals surface area contributed by atoms with Gasteiger partial charge in [0, 0.05) is 25.5 Å². The number of hydrogen-bond acceptors (Lipinski definition) is 2. The summed E-state index contributed by atoms with van der Waals surface area (Å²) in [7, 11) is 0. The molecule has 0 spiro atoms. The van der Waals surface area contributed by atoms with E-state index in [0.717, 1.165) is 11.1 Å². The number of benzene rings is 1. The van der Waals surface area contributed by atoms with Crippen LogP contribution in [0.4, 0.5) is 0 Å². The molecule has 1 amide bonds. The summed E-state index contributed by atoms with van der Waals surface area (Å²) in [6, 6.07) is 13.9. The summed E-state index contributed by atoms with van der Waals surface area (Å²) in [6.45, 7) is 3.35. The van der Waals surface area contributed by atoms with Crippen LogP contribution >= 0.6 is 0 Å². The normalized spacial score (nSPS) is 10.7. The van der Waals surface area contributed by atoms with Gasteiger partial charge in [0.15, 0.2) is 0 Å². The average molecular weight is 280 g/mol. The molecule has 21 heavy (non-hydrogen) atoms. The quantitative estimate of drug-likeness (QED) is 0.814. The number of aromatic nitrogens is 1. The first-order chi connectivity index (χ1) is 10.3. The molecule has 2 rings (SSSR count). The van der Waals surface area contributed by atoms with E-state index in [4.69, 9.17) is 0 Å². The van der Waals surface area contributed by atoms with Gasteiger partial charge in [-0.25, -0.2) is 0 Å². The molecule has 0 bridgehead atoms. The molecule has 2 aromatic rings. The van der Waals surface area contributed by atoms with Crippen molar-refractivity contribution in [3.05, 3.63) is 72.1 Å². The average Bonchev–Trinajstić information content (AvgIpc) is 2.53. The highest BCUT2D eigenvalue weighted by atomic mass is 16.2. The number of rotatable bonds is 6. The fourth-order valence-electron chi connectivity index (χ4n) is 2.07. The maximum Gasteiger partial charge on any atom is 0.227 e. The lowest BCUT2D eigenvalue weighted by Gasteiger charge is -2.19. The van der Waals surface area contributed by atoms with Gasteiger partial charge in [-0.2, -0.15) is 0 Å². The fraction of sp³-hybridized carbons (Fsp3) is 0.222. The number of likely N-dealkylation sites (N-methyl/N-ethyl adjacent to an activating group) is 1. The maximum absolute atomic E-state index is 12.3. The number of amides is 1. The maximum atomic E-state index is 12.3. The standard InChI is InChI=1S/C18H20N2O/c1-2-20(14-6-9-16-7-4-3-5-8-16)18(21)15-17-10-12-19-13-11-17/h3-13H,2,14-15H2,1H3/b9-6+. The van der Waals surface area contributed by atoms with Gasteiger partial charge in [-0.3, -0.25) is 9.78 Å². The molecule has 3 nitrogen and oxygen atoms in total. The zero-order valence-electron chi connectivity index (χ0n) is 12.3. The minimum Gasteiger partial charge on any atom is -0.339 e. The van der Waals surface area contributed by atoms with Gasteiger partial charge in [0.1, 0.15) is 0 Å². The Morgan fingerprint density at radius 2 is 1.86 bits per heavy atom. The Kier molecular flexibility index (Phi) is 5.71. The van der Waals surface area contributed by atoms with E-state index < -0.39 is 0 Å². The monoisotopic (exact) mass is 280 g/mol. The van der Waals surface area contributed by atoms with Crippen LogP contribution in [0.15, 0.2) is 60.9 Å². The van der Waals surface area contributed by atoms with Gasteiger partial charge in [-0.1, -0.05) is 42.5 Å². The van der Waals surface area contributed by atoms with Crippen molar-refractivity contribution in [2.75, 3.05) is 13.1 Å². The van der Waals surface area contributed by atoms with Crippen LogP contribution in [0.2, 0.25) is 0 Å². The van der Waals surface area contributed by atoms with Crippen LogP contribution in [0.3, 0.4) is 0 Å². The van der Waals surface area contributed by atoms with E-state index in [1.807, 2.05) is 66.4 Å². The molecule has 0 unspecified atom stereocenters. The van der Waals surface area contributed by atoms with Crippen molar-refractivity contribution in [2.24, 2.45) is 0 Å². The third kappa shape index (κ3) is 4.88. The second-order valence-corrected chi connectivity index (χ2v) is 4.78. The number of carbonyl (C=O) groups is 1. The molecule has 0 fully saturated rings. The third-order valence-electron chi connectivity index (χ3n) is 3.27. The zero-order chi connectivity index (χ0) is 14.9. The molecule has 0 radical (unpaired) electrons. The highest BCUT2D eigenvalue weighted by molar-refractivity contribution is 5.79. The number of nitrogens with zero attached hydrogens (tertiary/aromatic N) is 2. The van der Waals surface area contributed by atoms with Gasteiger partial charge in [-0.05, 0) is 30.2 Å². The van der Waals surface area contributed by atoms with E-state index in [1.54, 1.807) is 12.4 Å². The molecule has 0 N–H and O–H groups in total. The molecule has 1 aromatic carbocycles. The Hall–Kier alpha value is -2.42. The Labute approximate surface area is 125 Å². The van der Waals surface area contributed by atoms with Crippen molar-refractivity contribution in [2.45, 2.75) is 13.3 Å². The van der Waals surface area contributed by atoms with Crippen LogP contribution < -0.4 is 0 Å². The Balaban J connectivity index is 1.90. The van der Waals surface area contributed by atoms with Gasteiger partial charge in [0.2, 0.25) is 5.91 Å². The highest BCUT2D eigenvalue weighted by Crippen LogP contribution is 2.04. The van der Waals surface area contributed by atoms with Crippen molar-refractivity contribution >= 4 is 12.0 Å². The summed E-state index contributed by atoms with van der Waals surface area (Å²) in [4.78, 5) is 18.1. The van der Waals surface area contributed by atoms with E-state index >= 15 is 0 Å². The van der Waals surface area contributed by atoms with Crippen LogP contribution in [0.5, 0.6) is 0 Å². The van der Waals surface area contributed by atoms with Crippen LogP contribution in [-0.2, 0) is 11.2 Å². The molecule has 1 aromatic heterocycles. The predicted molar refractivity (Wildman–Crippen MR) is 85.7 cm³/mol. The first-order valence-electron chi connectivity index (χ1n) is 7.18. The summed E-state index contributed by atoms with van der Waals surface area (Å²) in [5.74, 6) is 0.140. The van der Waals surface area contributed by atoms with Gasteiger partial charge >= 0.3 is 0 Å². The van der Waals surface area contributed by atoms with Crippen molar-refractivity contribution in [1.29, 1.82) is 0 Å². The third-order valence-corrected chi connectivity index (χ3v) is 3.27. The van der Waals surface area contributed by atoms with Crippen LogP contribution in [0.25, 0.3) is 6.08 Å². The molecular formula is C18H20N2O. The van der Waals surface area contributed by atoms with E-state index in [2.05, 4.69) is 4.98 Å². The van der Waals surface area contributed by atoms with Crippen molar-refractivity contribution < 1.29 is 4.79 Å². The van der Waals surface area contributed by atoms with Gasteiger partial charge < -0.3 is 4.90 Å². The summed E-state index contributed by atoms with van der Waals surface area (Å²) in [5.41, 5.74) is 2.15. The minimum atomic E-state index is 0.140. The van der Waals surface area contributed by atoms with Crippen LogP contribution in [0, 0.1) is 0 Å². The molecule has 0 atom stereocenters.